The van der Waals surface area contributed by atoms with E-state index in [4.69, 9.17) is 14.5 Å². The van der Waals surface area contributed by atoms with Gasteiger partial charge in [0.05, 0.1) is 25.3 Å². The highest BCUT2D eigenvalue weighted by atomic mass is 127. The molecule has 1 aromatic rings. The van der Waals surface area contributed by atoms with Crippen molar-refractivity contribution in [1.82, 2.24) is 15.5 Å². The number of rotatable bonds is 10. The number of likely N-dealkylation sites (tertiary alicyclic amines) is 1. The van der Waals surface area contributed by atoms with Crippen LogP contribution in [-0.4, -0.2) is 69.5 Å². The zero-order valence-corrected chi connectivity index (χ0v) is 20.0. The lowest BCUT2D eigenvalue weighted by Gasteiger charge is -2.25. The summed E-state index contributed by atoms with van der Waals surface area (Å²) >= 11 is 1.84. The van der Waals surface area contributed by atoms with Gasteiger partial charge in [0.1, 0.15) is 0 Å². The molecule has 8 heteroatoms. The minimum absolute atomic E-state index is 0. The highest BCUT2D eigenvalue weighted by Gasteiger charge is 2.24. The maximum atomic E-state index is 5.83. The van der Waals surface area contributed by atoms with E-state index in [2.05, 4.69) is 40.0 Å². The Balaban J connectivity index is 0.00000280. The van der Waals surface area contributed by atoms with Crippen LogP contribution in [0.15, 0.2) is 22.5 Å². The van der Waals surface area contributed by atoms with Crippen LogP contribution >= 0.6 is 35.3 Å². The Labute approximate surface area is 190 Å². The molecule has 0 aliphatic carbocycles. The van der Waals surface area contributed by atoms with E-state index in [1.165, 1.54) is 30.8 Å². The van der Waals surface area contributed by atoms with E-state index in [0.717, 1.165) is 58.3 Å². The fourth-order valence-electron chi connectivity index (χ4n) is 3.61. The standard InChI is InChI=1S/C20H34N4O2S.HI/c1-2-21-20(22-9-6-12-26-17-8-13-25-16-17)23-15-18(19-7-5-14-27-19)24-10-3-4-11-24;/h5,7,14,17-18H,2-4,6,8-13,15-16H2,1H3,(H2,21,22,23);1H. The third kappa shape index (κ3) is 7.78. The van der Waals surface area contributed by atoms with Crippen LogP contribution in [0, 0.1) is 0 Å². The lowest BCUT2D eigenvalue weighted by molar-refractivity contribution is 0.0420. The zero-order valence-electron chi connectivity index (χ0n) is 16.9. The van der Waals surface area contributed by atoms with Gasteiger partial charge < -0.3 is 20.1 Å². The molecule has 0 saturated carbocycles. The maximum Gasteiger partial charge on any atom is 0.191 e. The number of nitrogens with zero attached hydrogens (tertiary/aromatic N) is 2. The molecule has 2 N–H and O–H groups in total. The summed E-state index contributed by atoms with van der Waals surface area (Å²) in [6, 6.07) is 4.79. The van der Waals surface area contributed by atoms with Gasteiger partial charge in [-0.15, -0.1) is 35.3 Å². The Morgan fingerprint density at radius 1 is 1.39 bits per heavy atom. The molecular weight excluding hydrogens is 487 g/mol. The first-order chi connectivity index (χ1) is 13.4. The molecular formula is C20H35IN4O2S. The Kier molecular flexibility index (Phi) is 11.7. The number of hydrogen-bond donors (Lipinski definition) is 2. The lowest BCUT2D eigenvalue weighted by atomic mass is 10.2. The average Bonchev–Trinajstić information content (AvgIpc) is 3.44. The molecule has 0 aromatic carbocycles. The van der Waals surface area contributed by atoms with Gasteiger partial charge in [-0.25, -0.2) is 0 Å². The molecule has 3 heterocycles. The van der Waals surface area contributed by atoms with E-state index < -0.39 is 0 Å². The van der Waals surface area contributed by atoms with Gasteiger partial charge in [-0.2, -0.15) is 0 Å². The van der Waals surface area contributed by atoms with Crippen molar-refractivity contribution in [2.24, 2.45) is 4.99 Å². The number of aliphatic imine (C=N–C) groups is 1. The number of hydrogen-bond acceptors (Lipinski definition) is 5. The van der Waals surface area contributed by atoms with Gasteiger partial charge in [0.15, 0.2) is 5.96 Å². The molecule has 0 bridgehead atoms. The molecule has 2 aliphatic heterocycles. The van der Waals surface area contributed by atoms with Gasteiger partial charge in [-0.1, -0.05) is 6.07 Å². The van der Waals surface area contributed by atoms with Gasteiger partial charge >= 0.3 is 0 Å². The van der Waals surface area contributed by atoms with Crippen LogP contribution in [0.2, 0.25) is 0 Å². The van der Waals surface area contributed by atoms with E-state index in [9.17, 15) is 0 Å². The molecule has 6 nitrogen and oxygen atoms in total. The smallest absolute Gasteiger partial charge is 0.191 e. The Morgan fingerprint density at radius 3 is 2.93 bits per heavy atom. The SMILES string of the molecule is CCNC(=NCC(c1cccs1)N1CCCC1)NCCCOC1CCOC1.I. The summed E-state index contributed by atoms with van der Waals surface area (Å²) in [5.74, 6) is 0.905. The Hall–Kier alpha value is -0.420. The normalized spacial score (nSPS) is 21.5. The zero-order chi connectivity index (χ0) is 18.7. The second-order valence-electron chi connectivity index (χ2n) is 7.13. The van der Waals surface area contributed by atoms with Crippen LogP contribution in [0.25, 0.3) is 0 Å². The van der Waals surface area contributed by atoms with Crippen LogP contribution in [0.1, 0.15) is 43.5 Å². The molecule has 2 fully saturated rings. The first-order valence-corrected chi connectivity index (χ1v) is 11.2. The number of ether oxygens (including phenoxy) is 2. The highest BCUT2D eigenvalue weighted by molar-refractivity contribution is 14.0. The van der Waals surface area contributed by atoms with Crippen molar-refractivity contribution < 1.29 is 9.47 Å². The van der Waals surface area contributed by atoms with Gasteiger partial charge in [-0.3, -0.25) is 9.89 Å². The highest BCUT2D eigenvalue weighted by Crippen LogP contribution is 2.28. The number of nitrogens with one attached hydrogen (secondary N) is 2. The van der Waals surface area contributed by atoms with Crippen molar-refractivity contribution in [3.05, 3.63) is 22.4 Å². The predicted octanol–water partition coefficient (Wildman–Crippen LogP) is 3.25. The molecule has 2 unspecified atom stereocenters. The van der Waals surface area contributed by atoms with Gasteiger partial charge in [0, 0.05) is 31.2 Å². The first kappa shape index (κ1) is 23.9. The van der Waals surface area contributed by atoms with Crippen molar-refractivity contribution in [3.8, 4) is 0 Å². The maximum absolute atomic E-state index is 5.83. The summed E-state index contributed by atoms with van der Waals surface area (Å²) in [7, 11) is 0. The summed E-state index contributed by atoms with van der Waals surface area (Å²) in [5.41, 5.74) is 0. The quantitative estimate of drug-likeness (QED) is 0.214. The molecule has 0 spiro atoms. The number of thiophene rings is 1. The van der Waals surface area contributed by atoms with Crippen molar-refractivity contribution in [3.63, 3.8) is 0 Å². The summed E-state index contributed by atoms with van der Waals surface area (Å²) in [6.07, 6.45) is 4.89. The Morgan fingerprint density at radius 2 is 2.25 bits per heavy atom. The van der Waals surface area contributed by atoms with Crippen LogP contribution < -0.4 is 10.6 Å². The van der Waals surface area contributed by atoms with E-state index in [1.807, 2.05) is 11.3 Å². The van der Waals surface area contributed by atoms with Crippen LogP contribution in [0.3, 0.4) is 0 Å². The largest absolute Gasteiger partial charge is 0.379 e. The fourth-order valence-corrected chi connectivity index (χ4v) is 4.46. The minimum Gasteiger partial charge on any atom is -0.379 e. The molecule has 160 valence electrons. The molecule has 2 aliphatic rings. The number of guanidine groups is 1. The second-order valence-corrected chi connectivity index (χ2v) is 8.11. The predicted molar refractivity (Wildman–Crippen MR) is 127 cm³/mol. The first-order valence-electron chi connectivity index (χ1n) is 10.4. The van der Waals surface area contributed by atoms with E-state index in [1.54, 1.807) is 0 Å². The summed E-state index contributed by atoms with van der Waals surface area (Å²) in [4.78, 5) is 8.89. The van der Waals surface area contributed by atoms with Crippen molar-refractivity contribution in [2.45, 2.75) is 44.8 Å². The summed E-state index contributed by atoms with van der Waals surface area (Å²) in [5, 5.41) is 8.99. The van der Waals surface area contributed by atoms with Crippen molar-refractivity contribution in [1.29, 1.82) is 0 Å². The molecule has 1 aromatic heterocycles. The second kappa shape index (κ2) is 13.7. The van der Waals surface area contributed by atoms with E-state index in [0.29, 0.717) is 12.1 Å². The van der Waals surface area contributed by atoms with Crippen LogP contribution in [-0.2, 0) is 9.47 Å². The average molecular weight is 522 g/mol. The molecule has 2 atom stereocenters. The third-order valence-electron chi connectivity index (χ3n) is 5.07. The molecule has 0 radical (unpaired) electrons. The van der Waals surface area contributed by atoms with Gasteiger partial charge in [-0.05, 0) is 57.1 Å². The van der Waals surface area contributed by atoms with Crippen molar-refractivity contribution >= 4 is 41.3 Å². The van der Waals surface area contributed by atoms with E-state index >= 15 is 0 Å². The third-order valence-corrected chi connectivity index (χ3v) is 6.05. The Bertz CT molecular complexity index is 546. The van der Waals surface area contributed by atoms with Gasteiger partial charge in [0.2, 0.25) is 0 Å². The molecule has 28 heavy (non-hydrogen) atoms. The van der Waals surface area contributed by atoms with E-state index in [-0.39, 0.29) is 24.0 Å². The van der Waals surface area contributed by atoms with Crippen LogP contribution in [0.4, 0.5) is 0 Å². The van der Waals surface area contributed by atoms with Gasteiger partial charge in [0.25, 0.3) is 0 Å². The summed E-state index contributed by atoms with van der Waals surface area (Å²) in [6.45, 7) is 9.37. The summed E-state index contributed by atoms with van der Waals surface area (Å²) < 4.78 is 11.2. The minimum atomic E-state index is 0. The van der Waals surface area contributed by atoms with Crippen LogP contribution in [0.5, 0.6) is 0 Å². The topological polar surface area (TPSA) is 58.1 Å². The monoisotopic (exact) mass is 522 g/mol. The fraction of sp³-hybridized carbons (Fsp3) is 0.750. The molecule has 0 amide bonds. The molecule has 3 rings (SSSR count). The molecule has 2 saturated heterocycles. The van der Waals surface area contributed by atoms with Crippen molar-refractivity contribution in [2.75, 3.05) is 52.5 Å². The number of halogens is 1. The lowest BCUT2D eigenvalue weighted by Crippen LogP contribution is -2.39.